The molecule has 0 unspecified atom stereocenters. The highest BCUT2D eigenvalue weighted by molar-refractivity contribution is 5.89. The summed E-state index contributed by atoms with van der Waals surface area (Å²) in [5.74, 6) is 0. The number of nitrogens with one attached hydrogen (secondary N) is 2. The number of hydrogen-bond donors (Lipinski definition) is 2. The molecule has 1 aliphatic rings. The van der Waals surface area contributed by atoms with Crippen LogP contribution in [0.3, 0.4) is 0 Å². The second-order valence-corrected chi connectivity index (χ2v) is 7.30. The third kappa shape index (κ3) is 3.78. The molecule has 3 aromatic rings. The number of pyridine rings is 1. The molecule has 0 amide bonds. The van der Waals surface area contributed by atoms with Crippen molar-refractivity contribution in [3.8, 4) is 6.07 Å². The van der Waals surface area contributed by atoms with E-state index in [1.54, 1.807) is 6.20 Å². The fourth-order valence-corrected chi connectivity index (χ4v) is 3.86. The summed E-state index contributed by atoms with van der Waals surface area (Å²) in [5, 5.41) is 14.2. The summed E-state index contributed by atoms with van der Waals surface area (Å²) in [5.41, 5.74) is 5.57. The lowest BCUT2D eigenvalue weighted by atomic mass is 10.1. The predicted octanol–water partition coefficient (Wildman–Crippen LogP) is 4.99. The second-order valence-electron chi connectivity index (χ2n) is 7.30. The first-order chi connectivity index (χ1) is 13.8. The van der Waals surface area contributed by atoms with Gasteiger partial charge in [0.1, 0.15) is 6.07 Å². The average Bonchev–Trinajstić information content (AvgIpc) is 3.40. The zero-order valence-electron chi connectivity index (χ0n) is 16.2. The number of benzene rings is 1. The SMILES string of the molecule is Cc1c(Nc2c(C#N)cncc2/C=C/CCN2CCCC2)ccc2[nH]ccc12. The monoisotopic (exact) mass is 371 g/mol. The van der Waals surface area contributed by atoms with Crippen molar-refractivity contribution in [3.63, 3.8) is 0 Å². The molecule has 5 heteroatoms. The van der Waals surface area contributed by atoms with Crippen LogP contribution >= 0.6 is 0 Å². The molecule has 1 aromatic carbocycles. The predicted molar refractivity (Wildman–Crippen MR) is 115 cm³/mol. The molecule has 2 N–H and O–H groups in total. The average molecular weight is 371 g/mol. The van der Waals surface area contributed by atoms with Crippen LogP contribution in [0.1, 0.15) is 36.0 Å². The zero-order valence-corrected chi connectivity index (χ0v) is 16.2. The van der Waals surface area contributed by atoms with E-state index in [2.05, 4.69) is 63.5 Å². The van der Waals surface area contributed by atoms with Crippen LogP contribution in [-0.2, 0) is 0 Å². The maximum absolute atomic E-state index is 9.58. The smallest absolute Gasteiger partial charge is 0.103 e. The van der Waals surface area contributed by atoms with Crippen LogP contribution in [0.4, 0.5) is 11.4 Å². The van der Waals surface area contributed by atoms with Gasteiger partial charge in [-0.15, -0.1) is 0 Å². The summed E-state index contributed by atoms with van der Waals surface area (Å²) in [4.78, 5) is 9.99. The number of aryl methyl sites for hydroxylation is 1. The second kappa shape index (κ2) is 8.28. The molecule has 142 valence electrons. The van der Waals surface area contributed by atoms with Gasteiger partial charge in [0.05, 0.1) is 11.3 Å². The van der Waals surface area contributed by atoms with Crippen LogP contribution in [0.15, 0.2) is 42.9 Å². The van der Waals surface area contributed by atoms with Crippen molar-refractivity contribution in [1.29, 1.82) is 5.26 Å². The van der Waals surface area contributed by atoms with Crippen LogP contribution in [0.2, 0.25) is 0 Å². The molecule has 1 aliphatic heterocycles. The number of hydrogen-bond acceptors (Lipinski definition) is 4. The van der Waals surface area contributed by atoms with Gasteiger partial charge in [-0.25, -0.2) is 0 Å². The van der Waals surface area contributed by atoms with Gasteiger partial charge in [0, 0.05) is 47.3 Å². The first-order valence-electron chi connectivity index (χ1n) is 9.87. The number of aromatic amines is 1. The molecule has 0 saturated carbocycles. The highest BCUT2D eigenvalue weighted by Gasteiger charge is 2.12. The number of nitriles is 1. The third-order valence-corrected chi connectivity index (χ3v) is 5.47. The van der Waals surface area contributed by atoms with E-state index in [9.17, 15) is 5.26 Å². The highest BCUT2D eigenvalue weighted by Crippen LogP contribution is 2.30. The largest absolute Gasteiger partial charge is 0.361 e. The van der Waals surface area contributed by atoms with E-state index in [-0.39, 0.29) is 0 Å². The van der Waals surface area contributed by atoms with Gasteiger partial charge in [0.2, 0.25) is 0 Å². The number of aromatic nitrogens is 2. The van der Waals surface area contributed by atoms with E-state index >= 15 is 0 Å². The standard InChI is InChI=1S/C23H25N5/c1-17-20-9-10-26-22(20)8-7-21(17)27-23-18(15-25-16-19(23)14-24)6-2-3-11-28-12-4-5-13-28/h2,6-10,15-16,26H,3-5,11-13H2,1H3,(H,25,27)/b6-2+. The van der Waals surface area contributed by atoms with Gasteiger partial charge in [0.15, 0.2) is 0 Å². The minimum Gasteiger partial charge on any atom is -0.361 e. The molecule has 4 rings (SSSR count). The fourth-order valence-electron chi connectivity index (χ4n) is 3.86. The molecule has 2 aromatic heterocycles. The van der Waals surface area contributed by atoms with Gasteiger partial charge in [-0.3, -0.25) is 4.98 Å². The van der Waals surface area contributed by atoms with E-state index in [4.69, 9.17) is 0 Å². The Bertz CT molecular complexity index is 1030. The quantitative estimate of drug-likeness (QED) is 0.641. The van der Waals surface area contributed by atoms with E-state index in [1.165, 1.54) is 31.3 Å². The lowest BCUT2D eigenvalue weighted by molar-refractivity contribution is 0.346. The Balaban J connectivity index is 1.58. The van der Waals surface area contributed by atoms with Gasteiger partial charge in [-0.2, -0.15) is 5.26 Å². The minimum atomic E-state index is 0.551. The molecule has 0 spiro atoms. The number of H-pyrrole nitrogens is 1. The summed E-state index contributed by atoms with van der Waals surface area (Å²) < 4.78 is 0. The lowest BCUT2D eigenvalue weighted by Crippen LogP contribution is -2.19. The van der Waals surface area contributed by atoms with Crippen LogP contribution in [0, 0.1) is 18.3 Å². The fraction of sp³-hybridized carbons (Fsp3) is 0.304. The van der Waals surface area contributed by atoms with Gasteiger partial charge in [-0.05, 0) is 63.0 Å². The zero-order chi connectivity index (χ0) is 19.3. The van der Waals surface area contributed by atoms with Crippen molar-refractivity contribution < 1.29 is 0 Å². The first kappa shape index (κ1) is 18.3. The number of rotatable bonds is 6. The Kier molecular flexibility index (Phi) is 5.41. The molecule has 1 fully saturated rings. The van der Waals surface area contributed by atoms with Gasteiger partial charge in [-0.1, -0.05) is 12.2 Å². The number of nitrogens with zero attached hydrogens (tertiary/aromatic N) is 3. The Morgan fingerprint density at radius 3 is 2.93 bits per heavy atom. The lowest BCUT2D eigenvalue weighted by Gasteiger charge is -2.14. The van der Waals surface area contributed by atoms with Crippen molar-refractivity contribution in [2.45, 2.75) is 26.2 Å². The van der Waals surface area contributed by atoms with Crippen molar-refractivity contribution in [2.75, 3.05) is 25.0 Å². The van der Waals surface area contributed by atoms with E-state index in [1.807, 2.05) is 12.4 Å². The summed E-state index contributed by atoms with van der Waals surface area (Å²) in [6, 6.07) is 8.46. The van der Waals surface area contributed by atoms with Crippen LogP contribution in [-0.4, -0.2) is 34.5 Å². The molecular formula is C23H25N5. The van der Waals surface area contributed by atoms with Crippen molar-refractivity contribution in [1.82, 2.24) is 14.9 Å². The van der Waals surface area contributed by atoms with E-state index < -0.39 is 0 Å². The molecule has 1 saturated heterocycles. The highest BCUT2D eigenvalue weighted by atomic mass is 15.1. The minimum absolute atomic E-state index is 0.551. The molecule has 3 heterocycles. The molecule has 0 radical (unpaired) electrons. The third-order valence-electron chi connectivity index (χ3n) is 5.47. The Labute approximate surface area is 165 Å². The molecule has 0 bridgehead atoms. The van der Waals surface area contributed by atoms with Crippen molar-refractivity contribution >= 4 is 28.4 Å². The van der Waals surface area contributed by atoms with Crippen LogP contribution in [0.5, 0.6) is 0 Å². The first-order valence-corrected chi connectivity index (χ1v) is 9.87. The topological polar surface area (TPSA) is 67.7 Å². The van der Waals surface area contributed by atoms with Crippen molar-refractivity contribution in [2.24, 2.45) is 0 Å². The number of anilines is 2. The Morgan fingerprint density at radius 2 is 2.11 bits per heavy atom. The Hall–Kier alpha value is -3.10. The molecule has 0 aliphatic carbocycles. The Morgan fingerprint density at radius 1 is 1.25 bits per heavy atom. The maximum atomic E-state index is 9.58. The van der Waals surface area contributed by atoms with Gasteiger partial charge in [0.25, 0.3) is 0 Å². The van der Waals surface area contributed by atoms with E-state index in [0.29, 0.717) is 5.56 Å². The number of fused-ring (bicyclic) bond motifs is 1. The molecular weight excluding hydrogens is 346 g/mol. The summed E-state index contributed by atoms with van der Waals surface area (Å²) >= 11 is 0. The molecule has 5 nitrogen and oxygen atoms in total. The van der Waals surface area contributed by atoms with Gasteiger partial charge < -0.3 is 15.2 Å². The number of likely N-dealkylation sites (tertiary alicyclic amines) is 1. The van der Waals surface area contributed by atoms with Crippen molar-refractivity contribution in [3.05, 3.63) is 59.6 Å². The van der Waals surface area contributed by atoms with E-state index in [0.717, 1.165) is 41.0 Å². The molecule has 0 atom stereocenters. The van der Waals surface area contributed by atoms with Crippen LogP contribution < -0.4 is 5.32 Å². The summed E-state index contributed by atoms with van der Waals surface area (Å²) in [7, 11) is 0. The summed E-state index contributed by atoms with van der Waals surface area (Å²) in [6.07, 6.45) is 13.3. The summed E-state index contributed by atoms with van der Waals surface area (Å²) in [6.45, 7) is 5.62. The van der Waals surface area contributed by atoms with Gasteiger partial charge >= 0.3 is 0 Å². The van der Waals surface area contributed by atoms with Crippen LogP contribution in [0.25, 0.3) is 17.0 Å². The molecule has 28 heavy (non-hydrogen) atoms. The normalized spacial score (nSPS) is 14.7. The maximum Gasteiger partial charge on any atom is 0.103 e.